The SMILES string of the molecule is NCc1n[nH]c(=S)n1C1CCc2c(F)cc(F)cc2C1. The Morgan fingerprint density at radius 2 is 2.25 bits per heavy atom. The third-order valence-electron chi connectivity index (χ3n) is 3.76. The van der Waals surface area contributed by atoms with Crippen LogP contribution in [-0.4, -0.2) is 14.8 Å². The van der Waals surface area contributed by atoms with Crippen molar-refractivity contribution >= 4 is 12.2 Å². The quantitative estimate of drug-likeness (QED) is 0.837. The monoisotopic (exact) mass is 296 g/mol. The number of nitrogens with zero attached hydrogens (tertiary/aromatic N) is 2. The van der Waals surface area contributed by atoms with Gasteiger partial charge in [0.2, 0.25) is 0 Å². The smallest absolute Gasteiger partial charge is 0.195 e. The summed E-state index contributed by atoms with van der Waals surface area (Å²) in [5, 5.41) is 6.79. The molecule has 0 bridgehead atoms. The molecule has 4 nitrogen and oxygen atoms in total. The first-order valence-corrected chi connectivity index (χ1v) is 6.83. The average molecular weight is 296 g/mol. The molecule has 1 aliphatic carbocycles. The van der Waals surface area contributed by atoms with Crippen LogP contribution in [0.5, 0.6) is 0 Å². The van der Waals surface area contributed by atoms with Gasteiger partial charge in [-0.2, -0.15) is 5.10 Å². The van der Waals surface area contributed by atoms with Crippen molar-refractivity contribution in [2.45, 2.75) is 31.8 Å². The van der Waals surface area contributed by atoms with Crippen molar-refractivity contribution in [1.29, 1.82) is 0 Å². The summed E-state index contributed by atoms with van der Waals surface area (Å²) < 4.78 is 29.4. The van der Waals surface area contributed by atoms with E-state index in [1.54, 1.807) is 0 Å². The number of aromatic nitrogens is 3. The molecule has 1 aliphatic rings. The van der Waals surface area contributed by atoms with Gasteiger partial charge in [-0.3, -0.25) is 9.67 Å². The Hall–Kier alpha value is -1.60. The molecule has 0 fully saturated rings. The molecule has 0 amide bonds. The maximum absolute atomic E-state index is 13.7. The van der Waals surface area contributed by atoms with Gasteiger partial charge in [-0.05, 0) is 48.7 Å². The van der Waals surface area contributed by atoms with Crippen LogP contribution in [0.4, 0.5) is 8.78 Å². The zero-order chi connectivity index (χ0) is 14.3. The van der Waals surface area contributed by atoms with E-state index in [0.29, 0.717) is 34.6 Å². The fourth-order valence-electron chi connectivity index (χ4n) is 2.86. The molecule has 0 spiro atoms. The Bertz CT molecular complexity index is 707. The second-order valence-corrected chi connectivity index (χ2v) is 5.33. The fraction of sp³-hybridized carbons (Fsp3) is 0.385. The first kappa shape index (κ1) is 13.4. The van der Waals surface area contributed by atoms with Crippen LogP contribution in [0.1, 0.15) is 29.4 Å². The van der Waals surface area contributed by atoms with Crippen molar-refractivity contribution in [3.05, 3.63) is 45.5 Å². The van der Waals surface area contributed by atoms with Gasteiger partial charge in [-0.25, -0.2) is 8.78 Å². The van der Waals surface area contributed by atoms with E-state index in [2.05, 4.69) is 10.2 Å². The van der Waals surface area contributed by atoms with E-state index in [4.69, 9.17) is 18.0 Å². The third-order valence-corrected chi connectivity index (χ3v) is 4.05. The summed E-state index contributed by atoms with van der Waals surface area (Å²) in [4.78, 5) is 0. The average Bonchev–Trinajstić information content (AvgIpc) is 2.78. The molecule has 20 heavy (non-hydrogen) atoms. The molecule has 0 aliphatic heterocycles. The van der Waals surface area contributed by atoms with Gasteiger partial charge >= 0.3 is 0 Å². The van der Waals surface area contributed by atoms with Crippen LogP contribution in [0.2, 0.25) is 0 Å². The largest absolute Gasteiger partial charge is 0.324 e. The molecule has 0 saturated heterocycles. The Kier molecular flexibility index (Phi) is 3.39. The Morgan fingerprint density at radius 3 is 3.00 bits per heavy atom. The molecular formula is C13H14F2N4S. The van der Waals surface area contributed by atoms with E-state index in [1.807, 2.05) is 4.57 Å². The number of H-pyrrole nitrogens is 1. The second kappa shape index (κ2) is 5.06. The molecule has 1 unspecified atom stereocenters. The molecular weight excluding hydrogens is 282 g/mol. The lowest BCUT2D eigenvalue weighted by molar-refractivity contribution is 0.414. The summed E-state index contributed by atoms with van der Waals surface area (Å²) in [6, 6.07) is 2.37. The molecule has 7 heteroatoms. The van der Waals surface area contributed by atoms with E-state index in [0.717, 1.165) is 12.5 Å². The molecule has 0 radical (unpaired) electrons. The fourth-order valence-corrected chi connectivity index (χ4v) is 3.16. The van der Waals surface area contributed by atoms with Crippen molar-refractivity contribution in [1.82, 2.24) is 14.8 Å². The predicted molar refractivity (Wildman–Crippen MR) is 72.7 cm³/mol. The Morgan fingerprint density at radius 1 is 1.45 bits per heavy atom. The van der Waals surface area contributed by atoms with Gasteiger partial charge < -0.3 is 5.73 Å². The lowest BCUT2D eigenvalue weighted by Crippen LogP contribution is -2.22. The van der Waals surface area contributed by atoms with Crippen LogP contribution in [0.25, 0.3) is 0 Å². The minimum atomic E-state index is -0.545. The number of hydrogen-bond donors (Lipinski definition) is 2. The molecule has 106 valence electrons. The molecule has 0 saturated carbocycles. The standard InChI is InChI=1S/C13H14F2N4S/c14-8-3-7-4-9(1-2-10(7)11(15)5-8)19-12(6-16)17-18-13(19)20/h3,5,9H,1-2,4,6,16H2,(H,18,20). The molecule has 1 aromatic heterocycles. The van der Waals surface area contributed by atoms with Gasteiger partial charge in [0.1, 0.15) is 17.5 Å². The van der Waals surface area contributed by atoms with Gasteiger partial charge in [0.15, 0.2) is 4.77 Å². The van der Waals surface area contributed by atoms with Gasteiger partial charge in [0.25, 0.3) is 0 Å². The number of fused-ring (bicyclic) bond motifs is 1. The molecule has 2 aromatic rings. The highest BCUT2D eigenvalue weighted by Gasteiger charge is 2.25. The molecule has 1 aromatic carbocycles. The number of nitrogens with one attached hydrogen (secondary N) is 1. The van der Waals surface area contributed by atoms with Crippen LogP contribution in [0.15, 0.2) is 12.1 Å². The summed E-state index contributed by atoms with van der Waals surface area (Å²) in [5.41, 5.74) is 6.95. The highest BCUT2D eigenvalue weighted by molar-refractivity contribution is 7.71. The van der Waals surface area contributed by atoms with Crippen molar-refractivity contribution < 1.29 is 8.78 Å². The number of hydrogen-bond acceptors (Lipinski definition) is 3. The van der Waals surface area contributed by atoms with Crippen LogP contribution in [0, 0.1) is 16.4 Å². The number of halogens is 2. The highest BCUT2D eigenvalue weighted by atomic mass is 32.1. The predicted octanol–water partition coefficient (Wildman–Crippen LogP) is 2.41. The molecule has 1 atom stereocenters. The van der Waals surface area contributed by atoms with Crippen LogP contribution in [-0.2, 0) is 19.4 Å². The van der Waals surface area contributed by atoms with Crippen molar-refractivity contribution in [2.24, 2.45) is 5.73 Å². The maximum atomic E-state index is 13.7. The topological polar surface area (TPSA) is 59.6 Å². The van der Waals surface area contributed by atoms with Crippen molar-refractivity contribution in [2.75, 3.05) is 0 Å². The maximum Gasteiger partial charge on any atom is 0.195 e. The lowest BCUT2D eigenvalue weighted by Gasteiger charge is -2.26. The first-order chi connectivity index (χ1) is 9.60. The molecule has 3 N–H and O–H groups in total. The van der Waals surface area contributed by atoms with E-state index in [1.165, 1.54) is 6.07 Å². The Labute approximate surface area is 119 Å². The molecule has 1 heterocycles. The van der Waals surface area contributed by atoms with E-state index in [-0.39, 0.29) is 12.6 Å². The van der Waals surface area contributed by atoms with Crippen molar-refractivity contribution in [3.63, 3.8) is 0 Å². The minimum Gasteiger partial charge on any atom is -0.324 e. The summed E-state index contributed by atoms with van der Waals surface area (Å²) in [6.07, 6.45) is 1.82. The van der Waals surface area contributed by atoms with Crippen LogP contribution < -0.4 is 5.73 Å². The zero-order valence-electron chi connectivity index (χ0n) is 10.7. The van der Waals surface area contributed by atoms with Crippen molar-refractivity contribution in [3.8, 4) is 0 Å². The first-order valence-electron chi connectivity index (χ1n) is 6.42. The Balaban J connectivity index is 2.00. The van der Waals surface area contributed by atoms with Gasteiger partial charge in [-0.1, -0.05) is 0 Å². The zero-order valence-corrected chi connectivity index (χ0v) is 11.5. The van der Waals surface area contributed by atoms with Gasteiger partial charge in [0, 0.05) is 12.1 Å². The summed E-state index contributed by atoms with van der Waals surface area (Å²) >= 11 is 5.21. The molecule has 3 rings (SSSR count). The van der Waals surface area contributed by atoms with E-state index >= 15 is 0 Å². The van der Waals surface area contributed by atoms with Gasteiger partial charge in [0.05, 0.1) is 6.54 Å². The second-order valence-electron chi connectivity index (χ2n) is 4.94. The van der Waals surface area contributed by atoms with Crippen LogP contribution in [0.3, 0.4) is 0 Å². The number of nitrogens with two attached hydrogens (primary N) is 1. The third kappa shape index (κ3) is 2.16. The lowest BCUT2D eigenvalue weighted by atomic mass is 9.87. The number of aromatic amines is 1. The number of rotatable bonds is 2. The highest BCUT2D eigenvalue weighted by Crippen LogP contribution is 2.31. The normalized spacial score (nSPS) is 18.1. The summed E-state index contributed by atoms with van der Waals surface area (Å²) in [7, 11) is 0. The summed E-state index contributed by atoms with van der Waals surface area (Å²) in [6.45, 7) is 0.272. The van der Waals surface area contributed by atoms with E-state index < -0.39 is 11.6 Å². The van der Waals surface area contributed by atoms with Gasteiger partial charge in [-0.15, -0.1) is 0 Å². The number of benzene rings is 1. The van der Waals surface area contributed by atoms with Crippen LogP contribution >= 0.6 is 12.2 Å². The minimum absolute atomic E-state index is 0.0356. The summed E-state index contributed by atoms with van der Waals surface area (Å²) in [5.74, 6) is -0.342. The van der Waals surface area contributed by atoms with E-state index in [9.17, 15) is 8.78 Å².